The average molecular weight is 332 g/mol. The maximum atomic E-state index is 8.54. The van der Waals surface area contributed by atoms with Crippen LogP contribution >= 0.6 is 0 Å². The third-order valence-corrected chi connectivity index (χ3v) is 3.31. The van der Waals surface area contributed by atoms with Gasteiger partial charge < -0.3 is 19.7 Å². The monoisotopic (exact) mass is 332 g/mol. The van der Waals surface area contributed by atoms with Crippen molar-refractivity contribution in [2.75, 3.05) is 19.8 Å². The number of benzene rings is 2. The number of aliphatic hydroxyl groups excluding tert-OH is 2. The quantitative estimate of drug-likeness (QED) is 0.901. The van der Waals surface area contributed by atoms with Gasteiger partial charge in [-0.05, 0) is 37.5 Å². The molecule has 4 nitrogen and oxygen atoms in total. The maximum absolute atomic E-state index is 8.54. The molecule has 24 heavy (non-hydrogen) atoms. The van der Waals surface area contributed by atoms with Crippen molar-refractivity contribution in [1.82, 2.24) is 0 Å². The van der Waals surface area contributed by atoms with Gasteiger partial charge in [-0.25, -0.2) is 0 Å². The van der Waals surface area contributed by atoms with Crippen LogP contribution in [0.4, 0.5) is 0 Å². The molecule has 1 unspecified atom stereocenters. The second-order valence-electron chi connectivity index (χ2n) is 5.21. The summed E-state index contributed by atoms with van der Waals surface area (Å²) in [5.74, 6) is 0.944. The highest BCUT2D eigenvalue weighted by atomic mass is 16.5. The van der Waals surface area contributed by atoms with Crippen LogP contribution < -0.4 is 4.74 Å². The molecule has 0 spiro atoms. The van der Waals surface area contributed by atoms with Crippen LogP contribution in [0.1, 0.15) is 25.3 Å². The first-order valence-corrected chi connectivity index (χ1v) is 8.35. The summed E-state index contributed by atoms with van der Waals surface area (Å²) >= 11 is 0. The van der Waals surface area contributed by atoms with Crippen molar-refractivity contribution in [2.24, 2.45) is 0 Å². The molecule has 0 saturated carbocycles. The van der Waals surface area contributed by atoms with Crippen LogP contribution in [-0.2, 0) is 11.3 Å². The van der Waals surface area contributed by atoms with Crippen molar-refractivity contribution < 1.29 is 19.7 Å². The fraction of sp³-hybridized carbons (Fsp3) is 0.400. The van der Waals surface area contributed by atoms with Crippen molar-refractivity contribution in [3.63, 3.8) is 0 Å². The van der Waals surface area contributed by atoms with Gasteiger partial charge in [0.15, 0.2) is 0 Å². The molecule has 1 aliphatic heterocycles. The molecule has 0 aromatic heterocycles. The highest BCUT2D eigenvalue weighted by molar-refractivity contribution is 5.20. The van der Waals surface area contributed by atoms with Crippen LogP contribution in [0.5, 0.6) is 5.75 Å². The van der Waals surface area contributed by atoms with Gasteiger partial charge in [0.05, 0.1) is 25.9 Å². The molecule has 0 amide bonds. The van der Waals surface area contributed by atoms with Crippen LogP contribution in [-0.4, -0.2) is 36.1 Å². The van der Waals surface area contributed by atoms with Gasteiger partial charge in [0.25, 0.3) is 0 Å². The predicted octanol–water partition coefficient (Wildman–Crippen LogP) is 3.42. The molecule has 0 aliphatic carbocycles. The minimum absolute atomic E-state index is 0.140. The number of hydrogen-bond donors (Lipinski definition) is 2. The summed E-state index contributed by atoms with van der Waals surface area (Å²) < 4.78 is 10.3. The molecule has 1 heterocycles. The Hall–Kier alpha value is -1.88. The minimum atomic E-state index is 0.140. The van der Waals surface area contributed by atoms with E-state index in [1.165, 1.54) is 0 Å². The smallest absolute Gasteiger partial charge is 0.119 e. The maximum Gasteiger partial charge on any atom is 0.119 e. The Kier molecular flexibility index (Phi) is 11.4. The Morgan fingerprint density at radius 1 is 1.00 bits per heavy atom. The van der Waals surface area contributed by atoms with E-state index >= 15 is 0 Å². The van der Waals surface area contributed by atoms with Gasteiger partial charge >= 0.3 is 0 Å². The van der Waals surface area contributed by atoms with Gasteiger partial charge in [-0.3, -0.25) is 0 Å². The summed E-state index contributed by atoms with van der Waals surface area (Å²) in [6, 6.07) is 19.3. The Bertz CT molecular complexity index is 496. The zero-order valence-electron chi connectivity index (χ0n) is 14.3. The normalized spacial score (nSPS) is 15.5. The fourth-order valence-electron chi connectivity index (χ4n) is 2.06. The molecular weight excluding hydrogens is 304 g/mol. The van der Waals surface area contributed by atoms with Crippen molar-refractivity contribution in [2.45, 2.75) is 32.5 Å². The van der Waals surface area contributed by atoms with Gasteiger partial charge in [0.2, 0.25) is 0 Å². The van der Waals surface area contributed by atoms with E-state index in [2.05, 4.69) is 0 Å². The van der Waals surface area contributed by atoms with Crippen molar-refractivity contribution in [3.8, 4) is 5.75 Å². The van der Waals surface area contributed by atoms with Gasteiger partial charge in [-0.15, -0.1) is 0 Å². The lowest BCUT2D eigenvalue weighted by molar-refractivity contribution is 0.0591. The summed E-state index contributed by atoms with van der Waals surface area (Å²) in [6.45, 7) is 3.89. The zero-order valence-corrected chi connectivity index (χ0v) is 14.3. The van der Waals surface area contributed by atoms with E-state index in [4.69, 9.17) is 19.7 Å². The molecular formula is C20H28O4. The number of hydrogen-bond acceptors (Lipinski definition) is 4. The average Bonchev–Trinajstić information content (AvgIpc) is 3.18. The molecule has 132 valence electrons. The molecule has 0 radical (unpaired) electrons. The van der Waals surface area contributed by atoms with Crippen LogP contribution in [0.15, 0.2) is 60.7 Å². The summed E-state index contributed by atoms with van der Waals surface area (Å²) in [7, 11) is 0. The highest BCUT2D eigenvalue weighted by Crippen LogP contribution is 2.09. The Balaban J connectivity index is 0.000000181. The summed E-state index contributed by atoms with van der Waals surface area (Å²) in [4.78, 5) is 0. The van der Waals surface area contributed by atoms with Gasteiger partial charge in [0, 0.05) is 6.61 Å². The molecule has 2 aromatic carbocycles. The summed E-state index contributed by atoms with van der Waals surface area (Å²) in [6.07, 6.45) is 2.31. The topological polar surface area (TPSA) is 58.9 Å². The van der Waals surface area contributed by atoms with Crippen LogP contribution in [0.25, 0.3) is 0 Å². The first-order chi connectivity index (χ1) is 11.8. The van der Waals surface area contributed by atoms with Gasteiger partial charge in [0.1, 0.15) is 5.75 Å². The van der Waals surface area contributed by atoms with Crippen molar-refractivity contribution >= 4 is 0 Å². The Morgan fingerprint density at radius 3 is 2.00 bits per heavy atom. The zero-order chi connectivity index (χ0) is 17.5. The van der Waals surface area contributed by atoms with E-state index in [-0.39, 0.29) is 19.3 Å². The van der Waals surface area contributed by atoms with Crippen molar-refractivity contribution in [3.05, 3.63) is 66.2 Å². The lowest BCUT2D eigenvalue weighted by atomic mass is 10.2. The lowest BCUT2D eigenvalue weighted by Crippen LogP contribution is -2.09. The van der Waals surface area contributed by atoms with E-state index in [0.717, 1.165) is 37.4 Å². The van der Waals surface area contributed by atoms with E-state index in [0.29, 0.717) is 0 Å². The first kappa shape index (κ1) is 20.2. The van der Waals surface area contributed by atoms with E-state index in [1.54, 1.807) is 0 Å². The third-order valence-electron chi connectivity index (χ3n) is 3.31. The van der Waals surface area contributed by atoms with Crippen LogP contribution in [0.3, 0.4) is 0 Å². The van der Waals surface area contributed by atoms with Gasteiger partial charge in [-0.1, -0.05) is 48.5 Å². The van der Waals surface area contributed by atoms with Crippen LogP contribution in [0.2, 0.25) is 0 Å². The second kappa shape index (κ2) is 13.5. The molecule has 2 aromatic rings. The highest BCUT2D eigenvalue weighted by Gasteiger charge is 2.12. The number of rotatable bonds is 4. The molecule has 1 saturated heterocycles. The lowest BCUT2D eigenvalue weighted by Gasteiger charge is -2.00. The number of para-hydroxylation sites is 1. The number of aliphatic hydroxyl groups is 2. The molecule has 3 rings (SSSR count). The minimum Gasteiger partial charge on any atom is -0.494 e. The summed E-state index contributed by atoms with van der Waals surface area (Å²) in [5.41, 5.74) is 0.965. The summed E-state index contributed by atoms with van der Waals surface area (Å²) in [5, 5.41) is 17.0. The fourth-order valence-corrected chi connectivity index (χ4v) is 2.06. The van der Waals surface area contributed by atoms with Crippen LogP contribution in [0, 0.1) is 0 Å². The molecule has 4 heteroatoms. The molecule has 2 N–H and O–H groups in total. The number of ether oxygens (including phenoxy) is 2. The molecule has 1 fully saturated rings. The largest absolute Gasteiger partial charge is 0.494 e. The third kappa shape index (κ3) is 9.30. The first-order valence-electron chi connectivity index (χ1n) is 8.35. The van der Waals surface area contributed by atoms with Crippen molar-refractivity contribution in [1.29, 1.82) is 0 Å². The Labute approximate surface area is 144 Å². The predicted molar refractivity (Wildman–Crippen MR) is 96.0 cm³/mol. The standard InChI is InChI=1S/C8H10O.C7H8O.C5H10O2/c1-2-9-8-6-4-3-5-7-8;8-6-7-4-2-1-3-5-7;6-4-5-2-1-3-7-5/h3-7H,2H2,1H3;1-5,8H,6H2;5-6H,1-4H2. The molecule has 1 atom stereocenters. The van der Waals surface area contributed by atoms with Gasteiger partial charge in [-0.2, -0.15) is 0 Å². The SMILES string of the molecule is CCOc1ccccc1.OCC1CCCO1.OCc1ccccc1. The van der Waals surface area contributed by atoms with E-state index < -0.39 is 0 Å². The molecule has 1 aliphatic rings. The van der Waals surface area contributed by atoms with E-state index in [9.17, 15) is 0 Å². The Morgan fingerprint density at radius 2 is 1.62 bits per heavy atom. The van der Waals surface area contributed by atoms with E-state index in [1.807, 2.05) is 67.6 Å². The molecule has 0 bridgehead atoms. The second-order valence-corrected chi connectivity index (χ2v) is 5.21.